The van der Waals surface area contributed by atoms with Gasteiger partial charge in [-0.15, -0.1) is 0 Å². The second kappa shape index (κ2) is 4.88. The predicted molar refractivity (Wildman–Crippen MR) is 55.6 cm³/mol. The summed E-state index contributed by atoms with van der Waals surface area (Å²) in [6, 6.07) is 0. The largest absolute Gasteiger partial charge is 0.359 e. The van der Waals surface area contributed by atoms with Crippen molar-refractivity contribution in [1.29, 1.82) is 0 Å². The van der Waals surface area contributed by atoms with Gasteiger partial charge in [-0.2, -0.15) is 0 Å². The lowest BCUT2D eigenvalue weighted by molar-refractivity contribution is -0.148. The lowest BCUT2D eigenvalue weighted by atomic mass is 9.93. The van der Waals surface area contributed by atoms with Gasteiger partial charge in [-0.25, -0.2) is 0 Å². The molecule has 3 heteroatoms. The highest BCUT2D eigenvalue weighted by molar-refractivity contribution is 5.86. The maximum absolute atomic E-state index is 11.5. The third kappa shape index (κ3) is 2.65. The van der Waals surface area contributed by atoms with Crippen LogP contribution in [-0.4, -0.2) is 23.8 Å². The first-order valence-electron chi connectivity index (χ1n) is 5.98. The molecule has 0 bridgehead atoms. The number of carbonyl (C=O) groups excluding carboxylic acids is 2. The Balaban J connectivity index is 1.89. The van der Waals surface area contributed by atoms with Gasteiger partial charge in [-0.1, -0.05) is 0 Å². The Morgan fingerprint density at radius 1 is 0.800 bits per heavy atom. The van der Waals surface area contributed by atoms with Crippen molar-refractivity contribution in [2.75, 3.05) is 0 Å². The fourth-order valence-corrected chi connectivity index (χ4v) is 2.39. The molecule has 2 saturated carbocycles. The van der Waals surface area contributed by atoms with E-state index in [0.717, 1.165) is 38.5 Å². The molecule has 0 aromatic rings. The van der Waals surface area contributed by atoms with Gasteiger partial charge in [0.05, 0.1) is 0 Å². The quantitative estimate of drug-likeness (QED) is 0.700. The Kier molecular flexibility index (Phi) is 3.52. The van der Waals surface area contributed by atoms with Crippen LogP contribution in [0.1, 0.15) is 51.4 Å². The number of ketones is 2. The normalized spacial score (nSPS) is 33.1. The van der Waals surface area contributed by atoms with E-state index in [-0.39, 0.29) is 23.8 Å². The van der Waals surface area contributed by atoms with Gasteiger partial charge in [0, 0.05) is 12.8 Å². The summed E-state index contributed by atoms with van der Waals surface area (Å²) >= 11 is 0. The number of ether oxygens (including phenoxy) is 1. The van der Waals surface area contributed by atoms with Crippen LogP contribution in [0.5, 0.6) is 0 Å². The number of carbonyl (C=O) groups is 2. The molecule has 0 aromatic carbocycles. The standard InChI is InChI=1S/C12H18O3/c13-9-5-1-3-7-11(9)15-12-8-4-2-6-10(12)14/h11-12H,1-8H2. The average Bonchev–Trinajstić information content (AvgIpc) is 2.24. The third-order valence-corrected chi connectivity index (χ3v) is 3.33. The number of hydrogen-bond acceptors (Lipinski definition) is 3. The van der Waals surface area contributed by atoms with Crippen molar-refractivity contribution in [3.05, 3.63) is 0 Å². The van der Waals surface area contributed by atoms with E-state index in [1.165, 1.54) is 0 Å². The summed E-state index contributed by atoms with van der Waals surface area (Å²) in [6.45, 7) is 0. The first-order chi connectivity index (χ1) is 7.27. The Morgan fingerprint density at radius 3 is 1.67 bits per heavy atom. The van der Waals surface area contributed by atoms with E-state index in [4.69, 9.17) is 4.74 Å². The molecule has 2 aliphatic rings. The number of hydrogen-bond donors (Lipinski definition) is 0. The highest BCUT2D eigenvalue weighted by Crippen LogP contribution is 2.23. The minimum atomic E-state index is -0.286. The van der Waals surface area contributed by atoms with Crippen molar-refractivity contribution < 1.29 is 14.3 Å². The summed E-state index contributed by atoms with van der Waals surface area (Å²) in [5.41, 5.74) is 0. The van der Waals surface area contributed by atoms with Crippen LogP contribution >= 0.6 is 0 Å². The summed E-state index contributed by atoms with van der Waals surface area (Å²) in [6.07, 6.45) is 6.38. The second-order valence-electron chi connectivity index (χ2n) is 4.54. The van der Waals surface area contributed by atoms with Crippen molar-refractivity contribution in [1.82, 2.24) is 0 Å². The first kappa shape index (κ1) is 10.8. The Bertz CT molecular complexity index is 234. The Labute approximate surface area is 90.2 Å². The van der Waals surface area contributed by atoms with Crippen molar-refractivity contribution in [2.24, 2.45) is 0 Å². The van der Waals surface area contributed by atoms with Gasteiger partial charge in [-0.05, 0) is 38.5 Å². The van der Waals surface area contributed by atoms with Crippen LogP contribution in [0.25, 0.3) is 0 Å². The van der Waals surface area contributed by atoms with E-state index in [2.05, 4.69) is 0 Å². The molecule has 0 N–H and O–H groups in total. The predicted octanol–water partition coefficient (Wildman–Crippen LogP) is 2.03. The molecule has 0 aromatic heterocycles. The van der Waals surface area contributed by atoms with Gasteiger partial charge < -0.3 is 4.74 Å². The topological polar surface area (TPSA) is 43.4 Å². The molecule has 15 heavy (non-hydrogen) atoms. The van der Waals surface area contributed by atoms with Gasteiger partial charge in [0.1, 0.15) is 12.2 Å². The van der Waals surface area contributed by atoms with Crippen LogP contribution in [0.4, 0.5) is 0 Å². The van der Waals surface area contributed by atoms with Crippen molar-refractivity contribution in [3.63, 3.8) is 0 Å². The van der Waals surface area contributed by atoms with Crippen LogP contribution < -0.4 is 0 Å². The van der Waals surface area contributed by atoms with Gasteiger partial charge >= 0.3 is 0 Å². The van der Waals surface area contributed by atoms with E-state index < -0.39 is 0 Å². The van der Waals surface area contributed by atoms with E-state index in [0.29, 0.717) is 12.8 Å². The lowest BCUT2D eigenvalue weighted by Crippen LogP contribution is -2.37. The molecule has 2 aliphatic carbocycles. The minimum Gasteiger partial charge on any atom is -0.359 e. The summed E-state index contributed by atoms with van der Waals surface area (Å²) in [5.74, 6) is 0.388. The molecule has 0 aliphatic heterocycles. The minimum absolute atomic E-state index is 0.194. The van der Waals surface area contributed by atoms with Crippen LogP contribution in [-0.2, 0) is 14.3 Å². The molecule has 3 nitrogen and oxygen atoms in total. The molecule has 0 heterocycles. The summed E-state index contributed by atoms with van der Waals surface area (Å²) < 4.78 is 5.66. The second-order valence-corrected chi connectivity index (χ2v) is 4.54. The summed E-state index contributed by atoms with van der Waals surface area (Å²) in [5, 5.41) is 0. The molecule has 0 amide bonds. The smallest absolute Gasteiger partial charge is 0.161 e. The zero-order valence-electron chi connectivity index (χ0n) is 9.04. The van der Waals surface area contributed by atoms with Crippen LogP contribution in [0, 0.1) is 0 Å². The third-order valence-electron chi connectivity index (χ3n) is 3.33. The van der Waals surface area contributed by atoms with Gasteiger partial charge in [0.2, 0.25) is 0 Å². The monoisotopic (exact) mass is 210 g/mol. The fourth-order valence-electron chi connectivity index (χ4n) is 2.39. The highest BCUT2D eigenvalue weighted by atomic mass is 16.5. The zero-order chi connectivity index (χ0) is 10.7. The van der Waals surface area contributed by atoms with Crippen molar-refractivity contribution in [3.8, 4) is 0 Å². The average molecular weight is 210 g/mol. The molecule has 2 rings (SSSR count). The van der Waals surface area contributed by atoms with Crippen LogP contribution in [0.2, 0.25) is 0 Å². The van der Waals surface area contributed by atoms with E-state index in [9.17, 15) is 9.59 Å². The molecule has 0 spiro atoms. The number of rotatable bonds is 2. The van der Waals surface area contributed by atoms with Gasteiger partial charge in [0.25, 0.3) is 0 Å². The summed E-state index contributed by atoms with van der Waals surface area (Å²) in [7, 11) is 0. The molecule has 2 fully saturated rings. The Hall–Kier alpha value is -0.700. The van der Waals surface area contributed by atoms with E-state index in [1.54, 1.807) is 0 Å². The van der Waals surface area contributed by atoms with Gasteiger partial charge in [0.15, 0.2) is 11.6 Å². The maximum atomic E-state index is 11.5. The molecular formula is C12H18O3. The SMILES string of the molecule is O=C1CCCCC1OC1CCCCC1=O. The Morgan fingerprint density at radius 2 is 1.27 bits per heavy atom. The summed E-state index contributed by atoms with van der Waals surface area (Å²) in [4.78, 5) is 23.1. The zero-order valence-corrected chi connectivity index (χ0v) is 9.04. The van der Waals surface area contributed by atoms with E-state index >= 15 is 0 Å². The maximum Gasteiger partial charge on any atom is 0.161 e. The lowest BCUT2D eigenvalue weighted by Gasteiger charge is -2.27. The fraction of sp³-hybridized carbons (Fsp3) is 0.833. The molecule has 2 atom stereocenters. The van der Waals surface area contributed by atoms with Crippen molar-refractivity contribution >= 4 is 11.6 Å². The van der Waals surface area contributed by atoms with Crippen LogP contribution in [0.3, 0.4) is 0 Å². The molecule has 0 radical (unpaired) electrons. The van der Waals surface area contributed by atoms with Crippen LogP contribution in [0.15, 0.2) is 0 Å². The van der Waals surface area contributed by atoms with E-state index in [1.807, 2.05) is 0 Å². The van der Waals surface area contributed by atoms with Crippen molar-refractivity contribution in [2.45, 2.75) is 63.6 Å². The molecule has 2 unspecified atom stereocenters. The molecule has 0 saturated heterocycles. The number of Topliss-reactive ketones (excluding diaryl/α,β-unsaturated/α-hetero) is 2. The first-order valence-corrected chi connectivity index (χ1v) is 5.98. The molecular weight excluding hydrogens is 192 g/mol. The highest BCUT2D eigenvalue weighted by Gasteiger charge is 2.30. The van der Waals surface area contributed by atoms with Gasteiger partial charge in [-0.3, -0.25) is 9.59 Å². The molecule has 84 valence electrons.